The second-order valence-electron chi connectivity index (χ2n) is 6.90. The van der Waals surface area contributed by atoms with E-state index in [9.17, 15) is 4.79 Å². The van der Waals surface area contributed by atoms with Crippen LogP contribution in [0.1, 0.15) is 28.7 Å². The van der Waals surface area contributed by atoms with E-state index in [-0.39, 0.29) is 5.91 Å². The minimum Gasteiger partial charge on any atom is -0.410 e. The lowest BCUT2D eigenvalue weighted by atomic mass is 9.90. The standard InChI is InChI=1S/C19H21N3O2S3/c1-12-5-6-15-13(8-12)9-16(27-15)18-20-21-19(24-18)26-11-17(23)22(2)10-14-4-3-7-25-14/h3-4,7,9,12H,5-6,8,10-11H2,1-2H3. The monoisotopic (exact) mass is 419 g/mol. The van der Waals surface area contributed by atoms with Gasteiger partial charge in [-0.2, -0.15) is 0 Å². The summed E-state index contributed by atoms with van der Waals surface area (Å²) in [7, 11) is 1.82. The molecule has 8 heteroatoms. The van der Waals surface area contributed by atoms with Gasteiger partial charge in [-0.15, -0.1) is 32.9 Å². The van der Waals surface area contributed by atoms with Crippen LogP contribution in [-0.4, -0.2) is 33.8 Å². The molecule has 0 spiro atoms. The van der Waals surface area contributed by atoms with Gasteiger partial charge in [0.1, 0.15) is 0 Å². The molecular weight excluding hydrogens is 398 g/mol. The van der Waals surface area contributed by atoms with Gasteiger partial charge in [0.05, 0.1) is 17.2 Å². The highest BCUT2D eigenvalue weighted by Gasteiger charge is 2.21. The lowest BCUT2D eigenvalue weighted by Gasteiger charge is -2.16. The van der Waals surface area contributed by atoms with Gasteiger partial charge in [-0.05, 0) is 48.3 Å². The Hall–Kier alpha value is -1.64. The lowest BCUT2D eigenvalue weighted by Crippen LogP contribution is -2.27. The topological polar surface area (TPSA) is 59.2 Å². The van der Waals surface area contributed by atoms with E-state index in [2.05, 4.69) is 23.2 Å². The van der Waals surface area contributed by atoms with E-state index in [1.165, 1.54) is 33.5 Å². The van der Waals surface area contributed by atoms with Gasteiger partial charge in [0.25, 0.3) is 11.1 Å². The molecule has 4 rings (SSSR count). The zero-order chi connectivity index (χ0) is 18.8. The summed E-state index contributed by atoms with van der Waals surface area (Å²) in [5, 5.41) is 10.8. The molecule has 0 bridgehead atoms. The van der Waals surface area contributed by atoms with E-state index in [1.807, 2.05) is 24.6 Å². The molecule has 0 radical (unpaired) electrons. The van der Waals surface area contributed by atoms with Crippen molar-refractivity contribution in [1.82, 2.24) is 15.1 Å². The van der Waals surface area contributed by atoms with Crippen molar-refractivity contribution >= 4 is 40.3 Å². The molecule has 3 aromatic rings. The van der Waals surface area contributed by atoms with Gasteiger partial charge < -0.3 is 9.32 Å². The Labute approximate surface area is 170 Å². The van der Waals surface area contributed by atoms with Gasteiger partial charge in [-0.3, -0.25) is 4.79 Å². The van der Waals surface area contributed by atoms with Crippen molar-refractivity contribution in [1.29, 1.82) is 0 Å². The Balaban J connectivity index is 1.35. The molecule has 0 saturated heterocycles. The molecule has 0 saturated carbocycles. The van der Waals surface area contributed by atoms with E-state index < -0.39 is 0 Å². The maximum Gasteiger partial charge on any atom is 0.277 e. The fourth-order valence-corrected chi connectivity index (χ4v) is 5.73. The molecule has 0 fully saturated rings. The van der Waals surface area contributed by atoms with Crippen LogP contribution in [0, 0.1) is 5.92 Å². The summed E-state index contributed by atoms with van der Waals surface area (Å²) in [6.07, 6.45) is 3.52. The number of aromatic nitrogens is 2. The molecule has 1 aliphatic rings. The molecule has 5 nitrogen and oxygen atoms in total. The van der Waals surface area contributed by atoms with E-state index in [1.54, 1.807) is 27.6 Å². The number of amides is 1. The Morgan fingerprint density at radius 3 is 3.15 bits per heavy atom. The smallest absolute Gasteiger partial charge is 0.277 e. The first-order valence-electron chi connectivity index (χ1n) is 8.93. The van der Waals surface area contributed by atoms with E-state index >= 15 is 0 Å². The van der Waals surface area contributed by atoms with Crippen LogP contribution in [0.25, 0.3) is 10.8 Å². The number of nitrogens with zero attached hydrogens (tertiary/aromatic N) is 3. The number of carbonyl (C=O) groups excluding carboxylic acids is 1. The van der Waals surface area contributed by atoms with Crippen molar-refractivity contribution in [3.05, 3.63) is 38.9 Å². The first-order valence-corrected chi connectivity index (χ1v) is 11.6. The van der Waals surface area contributed by atoms with Crippen molar-refractivity contribution < 1.29 is 9.21 Å². The maximum absolute atomic E-state index is 12.3. The van der Waals surface area contributed by atoms with Crippen LogP contribution in [0.5, 0.6) is 0 Å². The molecule has 1 aliphatic carbocycles. The third-order valence-corrected chi connectivity index (χ3v) is 7.55. The molecule has 1 amide bonds. The van der Waals surface area contributed by atoms with E-state index in [0.717, 1.165) is 23.6 Å². The molecule has 142 valence electrons. The summed E-state index contributed by atoms with van der Waals surface area (Å²) >= 11 is 4.71. The van der Waals surface area contributed by atoms with Crippen molar-refractivity contribution in [2.45, 2.75) is 38.0 Å². The maximum atomic E-state index is 12.3. The molecule has 1 unspecified atom stereocenters. The number of hydrogen-bond donors (Lipinski definition) is 0. The SMILES string of the molecule is CC1CCc2sc(-c3nnc(SCC(=O)N(C)Cc4cccs4)o3)cc2C1. The largest absolute Gasteiger partial charge is 0.410 e. The summed E-state index contributed by atoms with van der Waals surface area (Å²) in [6, 6.07) is 6.22. The van der Waals surface area contributed by atoms with Gasteiger partial charge in [0.2, 0.25) is 5.91 Å². The van der Waals surface area contributed by atoms with Crippen LogP contribution in [0.2, 0.25) is 0 Å². The number of thioether (sulfide) groups is 1. The summed E-state index contributed by atoms with van der Waals surface area (Å²) < 4.78 is 5.79. The van der Waals surface area contributed by atoms with Crippen molar-refractivity contribution in [3.63, 3.8) is 0 Å². The lowest BCUT2D eigenvalue weighted by molar-refractivity contribution is -0.127. The number of thiophene rings is 2. The van der Waals surface area contributed by atoms with Crippen molar-refractivity contribution in [2.24, 2.45) is 5.92 Å². The summed E-state index contributed by atoms with van der Waals surface area (Å²) in [5.41, 5.74) is 1.42. The van der Waals surface area contributed by atoms with E-state index in [4.69, 9.17) is 4.42 Å². The second-order valence-corrected chi connectivity index (χ2v) is 9.99. The van der Waals surface area contributed by atoms with Crippen molar-refractivity contribution in [2.75, 3.05) is 12.8 Å². The Morgan fingerprint density at radius 2 is 2.33 bits per heavy atom. The molecular formula is C19H21N3O2S3. The average Bonchev–Trinajstić information content (AvgIpc) is 3.39. The second kappa shape index (κ2) is 8.16. The fourth-order valence-electron chi connectivity index (χ4n) is 3.14. The molecule has 3 heterocycles. The Bertz CT molecular complexity index is 917. The number of carbonyl (C=O) groups is 1. The first-order chi connectivity index (χ1) is 13.1. The molecule has 27 heavy (non-hydrogen) atoms. The van der Waals surface area contributed by atoms with Crippen LogP contribution < -0.4 is 0 Å². The minimum absolute atomic E-state index is 0.0497. The average molecular weight is 420 g/mol. The first kappa shape index (κ1) is 18.7. The predicted molar refractivity (Wildman–Crippen MR) is 110 cm³/mol. The van der Waals surface area contributed by atoms with Crippen LogP contribution in [-0.2, 0) is 24.2 Å². The highest BCUT2D eigenvalue weighted by Crippen LogP contribution is 2.37. The number of fused-ring (bicyclic) bond motifs is 1. The predicted octanol–water partition coefficient (Wildman–Crippen LogP) is 4.74. The van der Waals surface area contributed by atoms with Crippen LogP contribution in [0.4, 0.5) is 0 Å². The molecule has 0 aliphatic heterocycles. The van der Waals surface area contributed by atoms with Gasteiger partial charge in [0, 0.05) is 16.8 Å². The zero-order valence-electron chi connectivity index (χ0n) is 15.3. The quantitative estimate of drug-likeness (QED) is 0.540. The van der Waals surface area contributed by atoms with Crippen LogP contribution in [0.15, 0.2) is 33.2 Å². The molecule has 3 aromatic heterocycles. The molecule has 0 N–H and O–H groups in total. The zero-order valence-corrected chi connectivity index (χ0v) is 17.8. The van der Waals surface area contributed by atoms with Gasteiger partial charge in [-0.25, -0.2) is 0 Å². The third-order valence-electron chi connectivity index (χ3n) is 4.66. The van der Waals surface area contributed by atoms with Gasteiger partial charge in [0.15, 0.2) is 0 Å². The van der Waals surface area contributed by atoms with Crippen LogP contribution >= 0.6 is 34.4 Å². The van der Waals surface area contributed by atoms with Crippen LogP contribution in [0.3, 0.4) is 0 Å². The Kier molecular flexibility index (Phi) is 5.66. The van der Waals surface area contributed by atoms with Gasteiger partial charge in [-0.1, -0.05) is 24.8 Å². The Morgan fingerprint density at radius 1 is 1.44 bits per heavy atom. The minimum atomic E-state index is 0.0497. The molecule has 0 aromatic carbocycles. The number of hydrogen-bond acceptors (Lipinski definition) is 7. The van der Waals surface area contributed by atoms with Crippen molar-refractivity contribution in [3.8, 4) is 10.8 Å². The summed E-state index contributed by atoms with van der Waals surface area (Å²) in [6.45, 7) is 2.93. The highest BCUT2D eigenvalue weighted by molar-refractivity contribution is 7.99. The normalized spacial score (nSPS) is 16.3. The number of aryl methyl sites for hydroxylation is 1. The van der Waals surface area contributed by atoms with Gasteiger partial charge >= 0.3 is 0 Å². The highest BCUT2D eigenvalue weighted by atomic mass is 32.2. The summed E-state index contributed by atoms with van der Waals surface area (Å²) in [5.74, 6) is 1.64. The summed E-state index contributed by atoms with van der Waals surface area (Å²) in [4.78, 5) is 17.7. The van der Waals surface area contributed by atoms with E-state index in [0.29, 0.717) is 23.4 Å². The molecule has 1 atom stereocenters. The third kappa shape index (κ3) is 4.44. The fraction of sp³-hybridized carbons (Fsp3) is 0.421. The number of rotatable bonds is 6.